The summed E-state index contributed by atoms with van der Waals surface area (Å²) >= 11 is 0. The van der Waals surface area contributed by atoms with Gasteiger partial charge >= 0.3 is 0 Å². The highest BCUT2D eigenvalue weighted by Crippen LogP contribution is 2.33. The first-order valence-electron chi connectivity index (χ1n) is 8.04. The average Bonchev–Trinajstić information content (AvgIpc) is 2.88. The molecule has 1 aliphatic rings. The normalized spacial score (nSPS) is 16.6. The molecule has 0 aliphatic heterocycles. The van der Waals surface area contributed by atoms with Gasteiger partial charge in [0.05, 0.1) is 6.04 Å². The van der Waals surface area contributed by atoms with Gasteiger partial charge in [0.15, 0.2) is 0 Å². The van der Waals surface area contributed by atoms with Crippen molar-refractivity contribution < 1.29 is 10.1 Å². The van der Waals surface area contributed by atoms with E-state index in [1.165, 1.54) is 36.8 Å². The molecule has 0 aromatic heterocycles. The fraction of sp³-hybridized carbons (Fsp3) is 0.667. The first-order chi connectivity index (χ1) is 9.48. The molecule has 2 rings (SSSR count). The van der Waals surface area contributed by atoms with Crippen molar-refractivity contribution in [3.63, 3.8) is 0 Å². The SMILES string of the molecule is Cc1cccc(C(C)(C)C)c1OCC[NH2+]C1CCCC1. The van der Waals surface area contributed by atoms with Gasteiger partial charge in [0, 0.05) is 0 Å². The Hall–Kier alpha value is -1.02. The van der Waals surface area contributed by atoms with Crippen LogP contribution in [0.5, 0.6) is 5.75 Å². The van der Waals surface area contributed by atoms with Gasteiger partial charge in [-0.05, 0) is 49.1 Å². The lowest BCUT2D eigenvalue weighted by molar-refractivity contribution is -0.688. The van der Waals surface area contributed by atoms with E-state index in [1.807, 2.05) is 0 Å². The van der Waals surface area contributed by atoms with Crippen LogP contribution in [0.3, 0.4) is 0 Å². The molecule has 1 aromatic carbocycles. The Morgan fingerprint density at radius 3 is 2.55 bits per heavy atom. The summed E-state index contributed by atoms with van der Waals surface area (Å²) in [6.45, 7) is 10.8. The van der Waals surface area contributed by atoms with E-state index in [1.54, 1.807) is 0 Å². The van der Waals surface area contributed by atoms with Crippen LogP contribution in [0.15, 0.2) is 18.2 Å². The Balaban J connectivity index is 1.91. The molecule has 2 N–H and O–H groups in total. The van der Waals surface area contributed by atoms with Crippen molar-refractivity contribution in [3.8, 4) is 5.75 Å². The number of ether oxygens (including phenoxy) is 1. The van der Waals surface area contributed by atoms with E-state index in [9.17, 15) is 0 Å². The first-order valence-corrected chi connectivity index (χ1v) is 8.04. The van der Waals surface area contributed by atoms with Gasteiger partial charge in [-0.25, -0.2) is 0 Å². The third-order valence-corrected chi connectivity index (χ3v) is 4.28. The second kappa shape index (κ2) is 6.62. The second-order valence-corrected chi connectivity index (χ2v) is 7.12. The quantitative estimate of drug-likeness (QED) is 0.821. The van der Waals surface area contributed by atoms with Crippen molar-refractivity contribution in [3.05, 3.63) is 29.3 Å². The van der Waals surface area contributed by atoms with Crippen molar-refractivity contribution in [2.45, 2.75) is 64.8 Å². The number of benzene rings is 1. The molecule has 1 aromatic rings. The highest BCUT2D eigenvalue weighted by Gasteiger charge is 2.21. The van der Waals surface area contributed by atoms with Crippen molar-refractivity contribution in [1.29, 1.82) is 0 Å². The minimum Gasteiger partial charge on any atom is -0.487 e. The number of rotatable bonds is 5. The van der Waals surface area contributed by atoms with E-state index in [2.05, 4.69) is 51.2 Å². The summed E-state index contributed by atoms with van der Waals surface area (Å²) in [7, 11) is 0. The van der Waals surface area contributed by atoms with Gasteiger partial charge in [0.25, 0.3) is 0 Å². The van der Waals surface area contributed by atoms with Gasteiger partial charge in [-0.15, -0.1) is 0 Å². The molecule has 0 bridgehead atoms. The van der Waals surface area contributed by atoms with Crippen molar-refractivity contribution in [2.24, 2.45) is 0 Å². The maximum absolute atomic E-state index is 6.12. The Morgan fingerprint density at radius 1 is 1.20 bits per heavy atom. The first kappa shape index (κ1) is 15.4. The molecule has 112 valence electrons. The fourth-order valence-corrected chi connectivity index (χ4v) is 3.09. The average molecular weight is 276 g/mol. The van der Waals surface area contributed by atoms with Gasteiger partial charge in [-0.3, -0.25) is 0 Å². The maximum atomic E-state index is 6.12. The maximum Gasteiger partial charge on any atom is 0.137 e. The Labute approximate surface area is 123 Å². The molecule has 0 heterocycles. The van der Waals surface area contributed by atoms with Gasteiger partial charge in [0.1, 0.15) is 18.9 Å². The molecule has 0 saturated heterocycles. The van der Waals surface area contributed by atoms with Crippen molar-refractivity contribution >= 4 is 0 Å². The zero-order valence-corrected chi connectivity index (χ0v) is 13.5. The zero-order valence-electron chi connectivity index (χ0n) is 13.5. The van der Waals surface area contributed by atoms with Crippen LogP contribution in [-0.4, -0.2) is 19.2 Å². The molecule has 20 heavy (non-hydrogen) atoms. The van der Waals surface area contributed by atoms with E-state index in [0.717, 1.165) is 24.9 Å². The lowest BCUT2D eigenvalue weighted by Crippen LogP contribution is -2.90. The topological polar surface area (TPSA) is 25.8 Å². The Morgan fingerprint density at radius 2 is 1.90 bits per heavy atom. The van der Waals surface area contributed by atoms with Gasteiger partial charge in [0.2, 0.25) is 0 Å². The standard InChI is InChI=1S/C18H29NO/c1-14-8-7-11-16(18(2,3)4)17(14)20-13-12-19-15-9-5-6-10-15/h7-8,11,15,19H,5-6,9-10,12-13H2,1-4H3/p+1. The highest BCUT2D eigenvalue weighted by molar-refractivity contribution is 5.44. The molecule has 0 amide bonds. The summed E-state index contributed by atoms with van der Waals surface area (Å²) < 4.78 is 6.12. The zero-order chi connectivity index (χ0) is 14.6. The summed E-state index contributed by atoms with van der Waals surface area (Å²) in [6.07, 6.45) is 5.59. The van der Waals surface area contributed by atoms with Crippen LogP contribution in [-0.2, 0) is 5.41 Å². The molecule has 0 radical (unpaired) electrons. The van der Waals surface area contributed by atoms with Crippen LogP contribution in [0.4, 0.5) is 0 Å². The lowest BCUT2D eigenvalue weighted by Gasteiger charge is -2.24. The number of aryl methyl sites for hydroxylation is 1. The molecule has 1 saturated carbocycles. The number of hydrogen-bond acceptors (Lipinski definition) is 1. The van der Waals surface area contributed by atoms with Gasteiger partial charge < -0.3 is 10.1 Å². The second-order valence-electron chi connectivity index (χ2n) is 7.12. The number of quaternary nitrogens is 1. The molecule has 0 spiro atoms. The van der Waals surface area contributed by atoms with E-state index in [-0.39, 0.29) is 5.41 Å². The predicted molar refractivity (Wildman–Crippen MR) is 84.4 cm³/mol. The van der Waals surface area contributed by atoms with Crippen molar-refractivity contribution in [2.75, 3.05) is 13.2 Å². The van der Waals surface area contributed by atoms with Crippen LogP contribution < -0.4 is 10.1 Å². The number of hydrogen-bond donors (Lipinski definition) is 1. The Bertz CT molecular complexity index is 428. The summed E-state index contributed by atoms with van der Waals surface area (Å²) in [5, 5.41) is 2.47. The molecular weight excluding hydrogens is 246 g/mol. The monoisotopic (exact) mass is 276 g/mol. The van der Waals surface area contributed by atoms with Crippen LogP contribution in [0.25, 0.3) is 0 Å². The lowest BCUT2D eigenvalue weighted by atomic mass is 9.85. The van der Waals surface area contributed by atoms with Gasteiger partial charge in [-0.1, -0.05) is 39.0 Å². The Kier molecular flexibility index (Phi) is 5.09. The third kappa shape index (κ3) is 3.99. The number of nitrogens with two attached hydrogens (primary N) is 1. The molecule has 0 atom stereocenters. The summed E-state index contributed by atoms with van der Waals surface area (Å²) in [5.74, 6) is 1.10. The summed E-state index contributed by atoms with van der Waals surface area (Å²) in [5.41, 5.74) is 2.70. The minimum absolute atomic E-state index is 0.135. The molecule has 1 aliphatic carbocycles. The minimum atomic E-state index is 0.135. The van der Waals surface area contributed by atoms with Crippen LogP contribution in [0, 0.1) is 6.92 Å². The van der Waals surface area contributed by atoms with E-state index < -0.39 is 0 Å². The summed E-state index contributed by atoms with van der Waals surface area (Å²) in [4.78, 5) is 0. The summed E-state index contributed by atoms with van der Waals surface area (Å²) in [6, 6.07) is 7.32. The fourth-order valence-electron chi connectivity index (χ4n) is 3.09. The number of para-hydroxylation sites is 1. The van der Waals surface area contributed by atoms with E-state index >= 15 is 0 Å². The molecular formula is C18H30NO+. The predicted octanol–water partition coefficient (Wildman–Crippen LogP) is 3.18. The van der Waals surface area contributed by atoms with Crippen molar-refractivity contribution in [1.82, 2.24) is 0 Å². The van der Waals surface area contributed by atoms with Gasteiger partial charge in [-0.2, -0.15) is 0 Å². The van der Waals surface area contributed by atoms with Crippen LogP contribution in [0.2, 0.25) is 0 Å². The van der Waals surface area contributed by atoms with E-state index in [0.29, 0.717) is 0 Å². The smallest absolute Gasteiger partial charge is 0.137 e. The molecule has 2 nitrogen and oxygen atoms in total. The van der Waals surface area contributed by atoms with E-state index in [4.69, 9.17) is 4.74 Å². The molecule has 1 fully saturated rings. The molecule has 0 unspecified atom stereocenters. The van der Waals surface area contributed by atoms with Crippen LogP contribution >= 0.6 is 0 Å². The molecule has 2 heteroatoms. The largest absolute Gasteiger partial charge is 0.487 e. The third-order valence-electron chi connectivity index (χ3n) is 4.28. The highest BCUT2D eigenvalue weighted by atomic mass is 16.5. The van der Waals surface area contributed by atoms with Crippen LogP contribution in [0.1, 0.15) is 57.6 Å².